The Bertz CT molecular complexity index is 669. The van der Waals surface area contributed by atoms with Crippen molar-refractivity contribution in [2.75, 3.05) is 13.1 Å². The van der Waals surface area contributed by atoms with E-state index in [9.17, 15) is 18.4 Å². The summed E-state index contributed by atoms with van der Waals surface area (Å²) in [6, 6.07) is 9.37. The number of nitriles is 1. The zero-order chi connectivity index (χ0) is 19.0. The molecule has 3 unspecified atom stereocenters. The second kappa shape index (κ2) is 7.47. The molecule has 3 saturated carbocycles. The Morgan fingerprint density at radius 3 is 2.19 bits per heavy atom. The average molecular weight is 375 g/mol. The Balaban J connectivity index is 1.43. The van der Waals surface area contributed by atoms with Crippen LogP contribution in [0.2, 0.25) is 0 Å². The summed E-state index contributed by atoms with van der Waals surface area (Å²) in [5.41, 5.74) is 0.0809. The minimum Gasteiger partial charge on any atom is -0.300 e. The van der Waals surface area contributed by atoms with Crippen molar-refractivity contribution in [3.05, 3.63) is 35.4 Å². The summed E-state index contributed by atoms with van der Waals surface area (Å²) >= 11 is 0. The fourth-order valence-corrected chi connectivity index (χ4v) is 4.50. The topological polar surface area (TPSA) is 27.0 Å². The molecule has 3 aliphatic rings. The first-order valence-corrected chi connectivity index (χ1v) is 10.2. The van der Waals surface area contributed by atoms with E-state index >= 15 is 0 Å². The van der Waals surface area contributed by atoms with Gasteiger partial charge < -0.3 is 0 Å². The quantitative estimate of drug-likeness (QED) is 0.665. The van der Waals surface area contributed by atoms with Crippen LogP contribution in [-0.4, -0.2) is 24.0 Å². The van der Waals surface area contributed by atoms with Gasteiger partial charge in [-0.15, -0.1) is 0 Å². The van der Waals surface area contributed by atoms with Crippen LogP contribution < -0.4 is 0 Å². The highest BCUT2D eigenvalue weighted by Crippen LogP contribution is 2.42. The summed E-state index contributed by atoms with van der Waals surface area (Å²) in [7, 11) is 0. The van der Waals surface area contributed by atoms with Crippen LogP contribution in [0.3, 0.4) is 0 Å². The Labute approximate surface area is 159 Å². The highest BCUT2D eigenvalue weighted by molar-refractivity contribution is 5.28. The van der Waals surface area contributed by atoms with Crippen molar-refractivity contribution in [3.8, 4) is 6.07 Å². The number of alkyl halides is 3. The van der Waals surface area contributed by atoms with Crippen molar-refractivity contribution in [2.24, 2.45) is 17.8 Å². The smallest absolute Gasteiger partial charge is 0.300 e. The molecule has 5 heteroatoms. The van der Waals surface area contributed by atoms with Crippen LogP contribution in [0.5, 0.6) is 0 Å². The summed E-state index contributed by atoms with van der Waals surface area (Å²) in [4.78, 5) is 2.63. The first-order chi connectivity index (χ1) is 12.9. The van der Waals surface area contributed by atoms with Gasteiger partial charge in [0.15, 0.2) is 0 Å². The number of nitrogens with zero attached hydrogens (tertiary/aromatic N) is 2. The molecular weight excluding hydrogens is 349 g/mol. The van der Waals surface area contributed by atoms with Gasteiger partial charge in [0.1, 0.15) is 0 Å². The fourth-order valence-electron chi connectivity index (χ4n) is 4.50. The summed E-state index contributed by atoms with van der Waals surface area (Å²) < 4.78 is 38.3. The van der Waals surface area contributed by atoms with Gasteiger partial charge in [0.25, 0.3) is 0 Å². The third kappa shape index (κ3) is 4.66. The SMILES string of the molecule is N#CC1CC(N(CC2CC2)CC2CC2)CCC1c1c[c]c(C(F)(F)F)cc1. The lowest BCUT2D eigenvalue weighted by molar-refractivity contribution is -0.137. The molecule has 1 aromatic rings. The number of hydrogen-bond acceptors (Lipinski definition) is 2. The molecule has 0 N–H and O–H groups in total. The maximum Gasteiger partial charge on any atom is 0.417 e. The van der Waals surface area contributed by atoms with Crippen LogP contribution in [-0.2, 0) is 6.18 Å². The number of rotatable bonds is 6. The molecule has 145 valence electrons. The lowest BCUT2D eigenvalue weighted by Crippen LogP contribution is -2.42. The molecule has 0 spiro atoms. The number of benzene rings is 1. The van der Waals surface area contributed by atoms with E-state index in [0.717, 1.165) is 55.8 Å². The Kier molecular flexibility index (Phi) is 5.20. The van der Waals surface area contributed by atoms with Gasteiger partial charge in [0.05, 0.1) is 17.6 Å². The van der Waals surface area contributed by atoms with Crippen molar-refractivity contribution in [1.82, 2.24) is 4.90 Å². The van der Waals surface area contributed by atoms with E-state index in [4.69, 9.17) is 0 Å². The maximum atomic E-state index is 12.8. The molecule has 0 saturated heterocycles. The molecule has 27 heavy (non-hydrogen) atoms. The van der Waals surface area contributed by atoms with Crippen LogP contribution in [0.25, 0.3) is 0 Å². The van der Waals surface area contributed by atoms with E-state index in [2.05, 4.69) is 17.0 Å². The van der Waals surface area contributed by atoms with Gasteiger partial charge in [-0.3, -0.25) is 4.90 Å². The molecular formula is C22H26F3N2. The predicted octanol–water partition coefficient (Wildman–Crippen LogP) is 5.40. The molecule has 0 amide bonds. The summed E-state index contributed by atoms with van der Waals surface area (Å²) in [6.45, 7) is 2.33. The molecule has 3 fully saturated rings. The molecule has 1 radical (unpaired) electrons. The third-order valence-corrected chi connectivity index (χ3v) is 6.45. The second-order valence-electron chi connectivity index (χ2n) is 8.68. The van der Waals surface area contributed by atoms with Gasteiger partial charge in [-0.1, -0.05) is 12.1 Å². The van der Waals surface area contributed by atoms with E-state index in [1.54, 1.807) is 6.07 Å². The van der Waals surface area contributed by atoms with Gasteiger partial charge in [0, 0.05) is 19.1 Å². The molecule has 3 aliphatic carbocycles. The van der Waals surface area contributed by atoms with Crippen LogP contribution in [0, 0.1) is 35.2 Å². The summed E-state index contributed by atoms with van der Waals surface area (Å²) in [5, 5.41) is 9.74. The molecule has 1 aromatic carbocycles. The zero-order valence-electron chi connectivity index (χ0n) is 15.5. The highest BCUT2D eigenvalue weighted by atomic mass is 19.4. The van der Waals surface area contributed by atoms with E-state index in [1.165, 1.54) is 31.7 Å². The molecule has 0 aromatic heterocycles. The maximum absolute atomic E-state index is 12.8. The minimum atomic E-state index is -4.36. The fraction of sp³-hybridized carbons (Fsp3) is 0.682. The largest absolute Gasteiger partial charge is 0.417 e. The molecule has 0 bridgehead atoms. The summed E-state index contributed by atoms with van der Waals surface area (Å²) in [5.74, 6) is 1.57. The van der Waals surface area contributed by atoms with Crippen molar-refractivity contribution in [3.63, 3.8) is 0 Å². The second-order valence-corrected chi connectivity index (χ2v) is 8.68. The molecule has 0 heterocycles. The average Bonchev–Trinajstić information content (AvgIpc) is 3.56. The van der Waals surface area contributed by atoms with Crippen molar-refractivity contribution in [1.29, 1.82) is 5.26 Å². The normalized spacial score (nSPS) is 28.9. The number of hydrogen-bond donors (Lipinski definition) is 0. The van der Waals surface area contributed by atoms with Gasteiger partial charge in [0.2, 0.25) is 0 Å². The Morgan fingerprint density at radius 1 is 1.04 bits per heavy atom. The monoisotopic (exact) mass is 375 g/mol. The van der Waals surface area contributed by atoms with Gasteiger partial charge in [-0.05, 0) is 80.4 Å². The highest BCUT2D eigenvalue weighted by Gasteiger charge is 2.38. The van der Waals surface area contributed by atoms with E-state index in [1.807, 2.05) is 0 Å². The summed E-state index contributed by atoms with van der Waals surface area (Å²) in [6.07, 6.45) is 3.70. The predicted molar refractivity (Wildman–Crippen MR) is 96.8 cm³/mol. The van der Waals surface area contributed by atoms with Crippen molar-refractivity contribution < 1.29 is 13.2 Å². The van der Waals surface area contributed by atoms with Gasteiger partial charge in [-0.25, -0.2) is 0 Å². The molecule has 2 nitrogen and oxygen atoms in total. The molecule has 0 aliphatic heterocycles. The van der Waals surface area contributed by atoms with Crippen LogP contribution in [0.1, 0.15) is 62.0 Å². The van der Waals surface area contributed by atoms with Gasteiger partial charge in [-0.2, -0.15) is 18.4 Å². The van der Waals surface area contributed by atoms with E-state index in [0.29, 0.717) is 6.04 Å². The first kappa shape index (κ1) is 18.8. The first-order valence-electron chi connectivity index (χ1n) is 10.2. The van der Waals surface area contributed by atoms with Crippen LogP contribution >= 0.6 is 0 Å². The van der Waals surface area contributed by atoms with E-state index in [-0.39, 0.29) is 11.8 Å². The minimum absolute atomic E-state index is 0.0217. The van der Waals surface area contributed by atoms with E-state index < -0.39 is 11.7 Å². The van der Waals surface area contributed by atoms with Crippen LogP contribution in [0.15, 0.2) is 18.2 Å². The van der Waals surface area contributed by atoms with Gasteiger partial charge >= 0.3 is 6.18 Å². The standard InChI is InChI=1S/C22H26F3N2/c23-22(24,25)19-7-5-17(6-8-19)21-10-9-20(11-18(21)12-26)27(13-15-1-2-15)14-16-3-4-16/h5-7,15-16,18,20-21H,1-4,9-11,13-14H2. The number of halogens is 3. The Hall–Kier alpha value is -1.54. The van der Waals surface area contributed by atoms with Crippen molar-refractivity contribution >= 4 is 0 Å². The zero-order valence-corrected chi connectivity index (χ0v) is 15.5. The Morgan fingerprint density at radius 2 is 1.70 bits per heavy atom. The lowest BCUT2D eigenvalue weighted by atomic mass is 9.73. The third-order valence-electron chi connectivity index (χ3n) is 6.45. The molecule has 4 rings (SSSR count). The van der Waals surface area contributed by atoms with Crippen molar-refractivity contribution in [2.45, 2.75) is 63.1 Å². The molecule has 3 atom stereocenters. The lowest BCUT2D eigenvalue weighted by Gasteiger charge is -2.39. The van der Waals surface area contributed by atoms with Crippen LogP contribution in [0.4, 0.5) is 13.2 Å².